The Kier molecular flexibility index (Phi) is 6.68. The molecular weight excluding hydrogens is 292 g/mol. The van der Waals surface area contributed by atoms with Crippen molar-refractivity contribution in [3.05, 3.63) is 36.0 Å². The molecule has 0 bridgehead atoms. The summed E-state index contributed by atoms with van der Waals surface area (Å²) >= 11 is 0. The van der Waals surface area contributed by atoms with Crippen molar-refractivity contribution in [2.24, 2.45) is 0 Å². The number of hydrogen-bond donors (Lipinski definition) is 2. The summed E-state index contributed by atoms with van der Waals surface area (Å²) in [5.74, 6) is -1.51. The lowest BCUT2D eigenvalue weighted by atomic mass is 10.1. The number of ether oxygens (including phenoxy) is 2. The zero-order chi connectivity index (χ0) is 16.7. The Bertz CT molecular complexity index is 530. The molecule has 0 aromatic heterocycles. The first-order valence-electron chi connectivity index (χ1n) is 6.59. The second kappa shape index (κ2) is 8.26. The predicted octanol–water partition coefficient (Wildman–Crippen LogP) is -0.176. The first-order valence-corrected chi connectivity index (χ1v) is 6.59. The van der Waals surface area contributed by atoms with Crippen molar-refractivity contribution < 1.29 is 34.1 Å². The highest BCUT2D eigenvalue weighted by Gasteiger charge is 2.22. The molecule has 120 valence electrons. The monoisotopic (exact) mass is 310 g/mol. The molecule has 0 fully saturated rings. The van der Waals surface area contributed by atoms with Crippen molar-refractivity contribution in [2.75, 3.05) is 6.61 Å². The van der Waals surface area contributed by atoms with Crippen LogP contribution >= 0.6 is 0 Å². The van der Waals surface area contributed by atoms with Crippen molar-refractivity contribution >= 4 is 17.7 Å². The third kappa shape index (κ3) is 5.63. The van der Waals surface area contributed by atoms with E-state index in [0.717, 1.165) is 0 Å². The van der Waals surface area contributed by atoms with Crippen LogP contribution in [0.4, 0.5) is 0 Å². The van der Waals surface area contributed by atoms with Gasteiger partial charge in [-0.3, -0.25) is 14.4 Å². The number of allylic oxidation sites excluding steroid dienone is 3. The molecule has 0 radical (unpaired) electrons. The Morgan fingerprint density at radius 3 is 2.55 bits per heavy atom. The SMILES string of the molecule is CC(=O)OCC(O)C(/C=C/C=C1\C(=O)C=CC1O)OC(C)=O. The minimum absolute atomic E-state index is 0.173. The van der Waals surface area contributed by atoms with Crippen LogP contribution in [0.5, 0.6) is 0 Å². The summed E-state index contributed by atoms with van der Waals surface area (Å²) in [7, 11) is 0. The standard InChI is InChI=1S/C15H18O7/c1-9(16)21-8-14(20)15(22-10(2)17)5-3-4-11-12(18)6-7-13(11)19/h3-7,12,14-15,18,20H,8H2,1-2H3/b5-3+,11-4-. The Hall–Kier alpha value is -2.25. The molecule has 0 heterocycles. The maximum absolute atomic E-state index is 11.4. The van der Waals surface area contributed by atoms with Crippen LogP contribution in [-0.4, -0.2) is 52.9 Å². The Morgan fingerprint density at radius 2 is 2.05 bits per heavy atom. The molecule has 0 aliphatic heterocycles. The maximum Gasteiger partial charge on any atom is 0.303 e. The lowest BCUT2D eigenvalue weighted by Crippen LogP contribution is -2.33. The van der Waals surface area contributed by atoms with Crippen LogP contribution in [0.1, 0.15) is 13.8 Å². The van der Waals surface area contributed by atoms with Crippen molar-refractivity contribution in [3.8, 4) is 0 Å². The van der Waals surface area contributed by atoms with Gasteiger partial charge in [0, 0.05) is 19.4 Å². The van der Waals surface area contributed by atoms with Crippen LogP contribution in [0.25, 0.3) is 0 Å². The van der Waals surface area contributed by atoms with E-state index < -0.39 is 30.3 Å². The number of carbonyl (C=O) groups excluding carboxylic acids is 3. The second-order valence-corrected chi connectivity index (χ2v) is 4.62. The van der Waals surface area contributed by atoms with Gasteiger partial charge in [-0.05, 0) is 18.2 Å². The minimum atomic E-state index is -1.25. The lowest BCUT2D eigenvalue weighted by molar-refractivity contribution is -0.154. The van der Waals surface area contributed by atoms with Crippen molar-refractivity contribution in [3.63, 3.8) is 0 Å². The number of ketones is 1. The summed E-state index contributed by atoms with van der Waals surface area (Å²) in [5, 5.41) is 19.4. The van der Waals surface area contributed by atoms with E-state index in [2.05, 4.69) is 4.74 Å². The molecule has 22 heavy (non-hydrogen) atoms. The average Bonchev–Trinajstić information content (AvgIpc) is 2.74. The fourth-order valence-corrected chi connectivity index (χ4v) is 1.71. The number of aliphatic hydroxyl groups is 2. The molecule has 7 heteroatoms. The van der Waals surface area contributed by atoms with Gasteiger partial charge in [0.25, 0.3) is 0 Å². The van der Waals surface area contributed by atoms with E-state index >= 15 is 0 Å². The van der Waals surface area contributed by atoms with Gasteiger partial charge in [-0.1, -0.05) is 12.2 Å². The fourth-order valence-electron chi connectivity index (χ4n) is 1.71. The van der Waals surface area contributed by atoms with E-state index in [1.54, 1.807) is 0 Å². The first kappa shape index (κ1) is 17.8. The normalized spacial score (nSPS) is 22.1. The molecule has 0 saturated heterocycles. The summed E-state index contributed by atoms with van der Waals surface area (Å²) in [6.45, 7) is 2.03. The topological polar surface area (TPSA) is 110 Å². The summed E-state index contributed by atoms with van der Waals surface area (Å²) in [5.41, 5.74) is 0.173. The molecule has 0 saturated carbocycles. The minimum Gasteiger partial charge on any atom is -0.463 e. The van der Waals surface area contributed by atoms with Gasteiger partial charge < -0.3 is 19.7 Å². The third-order valence-electron chi connectivity index (χ3n) is 2.75. The molecule has 7 nitrogen and oxygen atoms in total. The average molecular weight is 310 g/mol. The highest BCUT2D eigenvalue weighted by molar-refractivity contribution is 6.08. The number of esters is 2. The van der Waals surface area contributed by atoms with Gasteiger partial charge in [0.2, 0.25) is 0 Å². The number of aliphatic hydroxyl groups excluding tert-OH is 2. The highest BCUT2D eigenvalue weighted by Crippen LogP contribution is 2.14. The molecule has 2 N–H and O–H groups in total. The van der Waals surface area contributed by atoms with Crippen LogP contribution in [0.2, 0.25) is 0 Å². The van der Waals surface area contributed by atoms with Gasteiger partial charge in [-0.15, -0.1) is 0 Å². The summed E-state index contributed by atoms with van der Waals surface area (Å²) in [4.78, 5) is 33.1. The van der Waals surface area contributed by atoms with Gasteiger partial charge in [0.1, 0.15) is 24.9 Å². The van der Waals surface area contributed by atoms with E-state index in [1.165, 1.54) is 44.2 Å². The molecule has 1 aliphatic carbocycles. The molecule has 1 rings (SSSR count). The van der Waals surface area contributed by atoms with Crippen molar-refractivity contribution in [1.82, 2.24) is 0 Å². The van der Waals surface area contributed by atoms with Crippen LogP contribution in [0, 0.1) is 0 Å². The van der Waals surface area contributed by atoms with Crippen molar-refractivity contribution in [2.45, 2.75) is 32.2 Å². The molecule has 3 atom stereocenters. The predicted molar refractivity (Wildman–Crippen MR) is 75.6 cm³/mol. The molecule has 3 unspecified atom stereocenters. The Labute approximate surface area is 127 Å². The number of hydrogen-bond acceptors (Lipinski definition) is 7. The maximum atomic E-state index is 11.4. The van der Waals surface area contributed by atoms with Crippen LogP contribution in [0.3, 0.4) is 0 Å². The van der Waals surface area contributed by atoms with E-state index in [1.807, 2.05) is 0 Å². The van der Waals surface area contributed by atoms with E-state index in [9.17, 15) is 24.6 Å². The highest BCUT2D eigenvalue weighted by atomic mass is 16.6. The first-order chi connectivity index (χ1) is 10.3. The van der Waals surface area contributed by atoms with Crippen LogP contribution in [-0.2, 0) is 23.9 Å². The summed E-state index contributed by atoms with van der Waals surface area (Å²) < 4.78 is 9.55. The molecule has 1 aliphatic rings. The lowest BCUT2D eigenvalue weighted by Gasteiger charge is -2.19. The second-order valence-electron chi connectivity index (χ2n) is 4.62. The van der Waals surface area contributed by atoms with E-state index in [0.29, 0.717) is 0 Å². The fraction of sp³-hybridized carbons (Fsp3) is 0.400. The van der Waals surface area contributed by atoms with E-state index in [4.69, 9.17) is 4.74 Å². The largest absolute Gasteiger partial charge is 0.463 e. The van der Waals surface area contributed by atoms with Crippen LogP contribution < -0.4 is 0 Å². The van der Waals surface area contributed by atoms with Gasteiger partial charge in [0.15, 0.2) is 5.78 Å². The number of carbonyl (C=O) groups is 3. The third-order valence-corrected chi connectivity index (χ3v) is 2.75. The van der Waals surface area contributed by atoms with Gasteiger partial charge in [-0.25, -0.2) is 0 Å². The molecule has 0 spiro atoms. The van der Waals surface area contributed by atoms with E-state index in [-0.39, 0.29) is 18.0 Å². The quantitative estimate of drug-likeness (QED) is 0.517. The number of rotatable bonds is 6. The molecular formula is C15H18O7. The Balaban J connectivity index is 2.73. The zero-order valence-electron chi connectivity index (χ0n) is 12.3. The van der Waals surface area contributed by atoms with Gasteiger partial charge >= 0.3 is 11.9 Å². The smallest absolute Gasteiger partial charge is 0.303 e. The van der Waals surface area contributed by atoms with Crippen molar-refractivity contribution in [1.29, 1.82) is 0 Å². The summed E-state index contributed by atoms with van der Waals surface area (Å²) in [6, 6.07) is 0. The Morgan fingerprint density at radius 1 is 1.36 bits per heavy atom. The molecule has 0 amide bonds. The molecule has 0 aromatic carbocycles. The zero-order valence-corrected chi connectivity index (χ0v) is 12.3. The van der Waals surface area contributed by atoms with Crippen LogP contribution in [0.15, 0.2) is 36.0 Å². The molecule has 0 aromatic rings. The van der Waals surface area contributed by atoms with Gasteiger partial charge in [-0.2, -0.15) is 0 Å². The van der Waals surface area contributed by atoms with Gasteiger partial charge in [0.05, 0.1) is 0 Å². The summed E-state index contributed by atoms with van der Waals surface area (Å²) in [6.07, 6.45) is 3.41.